The van der Waals surface area contributed by atoms with Crippen molar-refractivity contribution >= 4 is 0 Å². The number of rotatable bonds is 3. The minimum absolute atomic E-state index is 0.235. The molecule has 1 saturated carbocycles. The van der Waals surface area contributed by atoms with Crippen LogP contribution in [0.1, 0.15) is 29.5 Å². The number of aliphatic hydroxyl groups excluding tert-OH is 1. The zero-order valence-corrected chi connectivity index (χ0v) is 9.01. The minimum Gasteiger partial charge on any atom is -0.396 e. The highest BCUT2D eigenvalue weighted by atomic mass is 16.3. The predicted molar refractivity (Wildman–Crippen MR) is 58.4 cm³/mol. The summed E-state index contributed by atoms with van der Waals surface area (Å²) in [5, 5.41) is 9.28. The minimum atomic E-state index is 0.235. The first-order valence-electron chi connectivity index (χ1n) is 5.33. The Balaban J connectivity index is 2.21. The fourth-order valence-electron chi connectivity index (χ4n) is 1.97. The average molecular weight is 190 g/mol. The van der Waals surface area contributed by atoms with Crippen LogP contribution in [0.5, 0.6) is 0 Å². The van der Waals surface area contributed by atoms with Gasteiger partial charge in [-0.2, -0.15) is 0 Å². The second kappa shape index (κ2) is 3.39. The Morgan fingerprint density at radius 2 is 2.00 bits per heavy atom. The lowest BCUT2D eigenvalue weighted by Gasteiger charge is -2.14. The zero-order chi connectivity index (χ0) is 10.2. The molecule has 0 bridgehead atoms. The van der Waals surface area contributed by atoms with E-state index in [1.165, 1.54) is 29.5 Å². The van der Waals surface area contributed by atoms with Gasteiger partial charge in [-0.3, -0.25) is 0 Å². The summed E-state index contributed by atoms with van der Waals surface area (Å²) in [4.78, 5) is 0. The Morgan fingerprint density at radius 1 is 1.29 bits per heavy atom. The van der Waals surface area contributed by atoms with E-state index in [0.29, 0.717) is 6.61 Å². The van der Waals surface area contributed by atoms with E-state index in [2.05, 4.69) is 32.0 Å². The van der Waals surface area contributed by atoms with Gasteiger partial charge < -0.3 is 5.11 Å². The van der Waals surface area contributed by atoms with E-state index in [4.69, 9.17) is 0 Å². The SMILES string of the molecule is Cc1cccc(CC2(CO)CC2)c1C. The summed E-state index contributed by atoms with van der Waals surface area (Å²) in [6.45, 7) is 4.68. The van der Waals surface area contributed by atoms with E-state index in [1.807, 2.05) is 0 Å². The Kier molecular flexibility index (Phi) is 2.36. The topological polar surface area (TPSA) is 20.2 Å². The maximum Gasteiger partial charge on any atom is 0.0490 e. The van der Waals surface area contributed by atoms with Crippen molar-refractivity contribution in [1.29, 1.82) is 0 Å². The van der Waals surface area contributed by atoms with Crippen LogP contribution in [-0.4, -0.2) is 11.7 Å². The summed E-state index contributed by atoms with van der Waals surface area (Å²) in [6.07, 6.45) is 3.44. The fourth-order valence-corrected chi connectivity index (χ4v) is 1.97. The quantitative estimate of drug-likeness (QED) is 0.776. The maximum absolute atomic E-state index is 9.28. The molecule has 0 spiro atoms. The van der Waals surface area contributed by atoms with Gasteiger partial charge in [-0.15, -0.1) is 0 Å². The lowest BCUT2D eigenvalue weighted by atomic mass is 9.92. The lowest BCUT2D eigenvalue weighted by Crippen LogP contribution is -2.11. The van der Waals surface area contributed by atoms with Gasteiger partial charge in [0.25, 0.3) is 0 Å². The number of hydrogen-bond acceptors (Lipinski definition) is 1. The zero-order valence-electron chi connectivity index (χ0n) is 9.01. The van der Waals surface area contributed by atoms with Crippen LogP contribution in [0.2, 0.25) is 0 Å². The Labute approximate surface area is 85.8 Å². The monoisotopic (exact) mass is 190 g/mol. The Hall–Kier alpha value is -0.820. The van der Waals surface area contributed by atoms with Gasteiger partial charge in [-0.05, 0) is 55.2 Å². The van der Waals surface area contributed by atoms with Crippen LogP contribution in [0.25, 0.3) is 0 Å². The van der Waals surface area contributed by atoms with Gasteiger partial charge in [-0.25, -0.2) is 0 Å². The van der Waals surface area contributed by atoms with Crippen molar-refractivity contribution in [2.75, 3.05) is 6.61 Å². The van der Waals surface area contributed by atoms with E-state index in [9.17, 15) is 5.11 Å². The third-order valence-corrected chi connectivity index (χ3v) is 3.57. The molecule has 76 valence electrons. The van der Waals surface area contributed by atoms with Gasteiger partial charge in [0.15, 0.2) is 0 Å². The predicted octanol–water partition coefficient (Wildman–Crippen LogP) is 2.62. The molecular formula is C13H18O. The van der Waals surface area contributed by atoms with Crippen molar-refractivity contribution in [2.24, 2.45) is 5.41 Å². The smallest absolute Gasteiger partial charge is 0.0490 e. The molecule has 1 fully saturated rings. The Bertz CT molecular complexity index is 337. The number of benzene rings is 1. The molecule has 1 aromatic rings. The van der Waals surface area contributed by atoms with Crippen molar-refractivity contribution in [3.63, 3.8) is 0 Å². The van der Waals surface area contributed by atoms with Crippen LogP contribution in [0.4, 0.5) is 0 Å². The third-order valence-electron chi connectivity index (χ3n) is 3.57. The molecule has 1 aliphatic carbocycles. The van der Waals surface area contributed by atoms with E-state index < -0.39 is 0 Å². The molecular weight excluding hydrogens is 172 g/mol. The Morgan fingerprint density at radius 3 is 2.57 bits per heavy atom. The largest absolute Gasteiger partial charge is 0.396 e. The van der Waals surface area contributed by atoms with Gasteiger partial charge in [0.2, 0.25) is 0 Å². The highest BCUT2D eigenvalue weighted by Crippen LogP contribution is 2.48. The summed E-state index contributed by atoms with van der Waals surface area (Å²) < 4.78 is 0. The molecule has 1 nitrogen and oxygen atoms in total. The molecule has 0 atom stereocenters. The normalized spacial score (nSPS) is 18.2. The molecule has 0 aliphatic heterocycles. The molecule has 0 heterocycles. The van der Waals surface area contributed by atoms with E-state index >= 15 is 0 Å². The second-order valence-electron chi connectivity index (χ2n) is 4.69. The van der Waals surface area contributed by atoms with Crippen LogP contribution >= 0.6 is 0 Å². The lowest BCUT2D eigenvalue weighted by molar-refractivity contribution is 0.211. The van der Waals surface area contributed by atoms with E-state index in [1.54, 1.807) is 0 Å². The molecule has 0 amide bonds. The molecule has 14 heavy (non-hydrogen) atoms. The second-order valence-corrected chi connectivity index (χ2v) is 4.69. The first-order valence-corrected chi connectivity index (χ1v) is 5.33. The third kappa shape index (κ3) is 1.69. The van der Waals surface area contributed by atoms with Crippen LogP contribution in [0, 0.1) is 19.3 Å². The van der Waals surface area contributed by atoms with Gasteiger partial charge in [0.05, 0.1) is 0 Å². The summed E-state index contributed by atoms with van der Waals surface area (Å²) in [6, 6.07) is 6.46. The van der Waals surface area contributed by atoms with E-state index in [-0.39, 0.29) is 5.41 Å². The van der Waals surface area contributed by atoms with Crippen LogP contribution in [0.3, 0.4) is 0 Å². The van der Waals surface area contributed by atoms with Crippen LogP contribution < -0.4 is 0 Å². The van der Waals surface area contributed by atoms with Gasteiger partial charge in [0.1, 0.15) is 0 Å². The molecule has 0 unspecified atom stereocenters. The molecule has 1 heteroatoms. The molecule has 1 aliphatic rings. The highest BCUT2D eigenvalue weighted by molar-refractivity contribution is 5.34. The average Bonchev–Trinajstić information content (AvgIpc) is 2.94. The molecule has 0 radical (unpaired) electrons. The summed E-state index contributed by atoms with van der Waals surface area (Å²) in [5.74, 6) is 0. The van der Waals surface area contributed by atoms with Gasteiger partial charge in [-0.1, -0.05) is 18.2 Å². The fraction of sp³-hybridized carbons (Fsp3) is 0.538. The molecule has 0 aromatic heterocycles. The number of aliphatic hydroxyl groups is 1. The van der Waals surface area contributed by atoms with Crippen LogP contribution in [0.15, 0.2) is 18.2 Å². The molecule has 0 saturated heterocycles. The van der Waals surface area contributed by atoms with Crippen molar-refractivity contribution in [3.8, 4) is 0 Å². The molecule has 2 rings (SSSR count). The first-order chi connectivity index (χ1) is 6.67. The first kappa shape index (κ1) is 9.72. The summed E-state index contributed by atoms with van der Waals surface area (Å²) in [5.41, 5.74) is 4.40. The van der Waals surface area contributed by atoms with Crippen LogP contribution in [-0.2, 0) is 6.42 Å². The van der Waals surface area contributed by atoms with E-state index in [0.717, 1.165) is 6.42 Å². The van der Waals surface area contributed by atoms with Crippen molar-refractivity contribution in [3.05, 3.63) is 34.9 Å². The number of hydrogen-bond donors (Lipinski definition) is 1. The summed E-state index contributed by atoms with van der Waals surface area (Å²) >= 11 is 0. The van der Waals surface area contributed by atoms with Crippen molar-refractivity contribution in [2.45, 2.75) is 33.1 Å². The van der Waals surface area contributed by atoms with Crippen molar-refractivity contribution < 1.29 is 5.11 Å². The van der Waals surface area contributed by atoms with Gasteiger partial charge >= 0.3 is 0 Å². The molecule has 1 aromatic carbocycles. The maximum atomic E-state index is 9.28. The van der Waals surface area contributed by atoms with Gasteiger partial charge in [0, 0.05) is 6.61 Å². The van der Waals surface area contributed by atoms with Crippen molar-refractivity contribution in [1.82, 2.24) is 0 Å². The standard InChI is InChI=1S/C13H18O/c1-10-4-3-5-12(11(10)2)8-13(9-14)6-7-13/h3-5,14H,6-9H2,1-2H3. The number of aryl methyl sites for hydroxylation is 1. The highest BCUT2D eigenvalue weighted by Gasteiger charge is 2.41. The molecule has 1 N–H and O–H groups in total. The summed E-state index contributed by atoms with van der Waals surface area (Å²) in [7, 11) is 0.